The third-order valence-corrected chi connectivity index (χ3v) is 5.16. The standard InChI is InChI=1S/C21H14Cl4N2.ClH.H2O/c22-18-8-6-16(10-20(18)24)26-12-15(14-4-2-1-3-5-14)13-27-17-7-9-19(23)21(25)11-17;;/h1-13,26H;1H;1H2/b15-12-,27-13?;;. The van der Waals surface area contributed by atoms with Crippen molar-refractivity contribution < 1.29 is 5.48 Å². The maximum atomic E-state index is 6.07. The average molecular weight is 491 g/mol. The quantitative estimate of drug-likeness (QED) is 0.365. The van der Waals surface area contributed by atoms with E-state index in [-0.39, 0.29) is 17.9 Å². The smallest absolute Gasteiger partial charge is 0.0645 e. The first kappa shape index (κ1) is 25.3. The number of anilines is 1. The molecule has 0 atom stereocenters. The molecule has 3 N–H and O–H groups in total. The monoisotopic (exact) mass is 488 g/mol. The fourth-order valence-corrected chi connectivity index (χ4v) is 2.87. The van der Waals surface area contributed by atoms with Gasteiger partial charge in [0, 0.05) is 23.7 Å². The molecule has 0 bridgehead atoms. The summed E-state index contributed by atoms with van der Waals surface area (Å²) >= 11 is 24.1. The van der Waals surface area contributed by atoms with E-state index in [0.29, 0.717) is 25.8 Å². The Kier molecular flexibility index (Phi) is 10.5. The van der Waals surface area contributed by atoms with E-state index in [9.17, 15) is 0 Å². The van der Waals surface area contributed by atoms with Crippen molar-refractivity contribution in [1.29, 1.82) is 0 Å². The predicted octanol–water partition coefficient (Wildman–Crippen LogP) is 7.75. The topological polar surface area (TPSA) is 55.9 Å². The first-order chi connectivity index (χ1) is 13.0. The lowest BCUT2D eigenvalue weighted by atomic mass is 10.1. The van der Waals surface area contributed by atoms with Gasteiger partial charge in [-0.2, -0.15) is 0 Å². The van der Waals surface area contributed by atoms with Crippen LogP contribution >= 0.6 is 58.8 Å². The summed E-state index contributed by atoms with van der Waals surface area (Å²) in [5.74, 6) is 0. The summed E-state index contributed by atoms with van der Waals surface area (Å²) in [6.45, 7) is 0. The fourth-order valence-electron chi connectivity index (χ4n) is 2.28. The van der Waals surface area contributed by atoms with Crippen molar-refractivity contribution in [3.63, 3.8) is 0 Å². The molecule has 29 heavy (non-hydrogen) atoms. The van der Waals surface area contributed by atoms with Crippen molar-refractivity contribution >= 4 is 82.0 Å². The normalized spacial score (nSPS) is 11.0. The molecule has 0 saturated carbocycles. The molecule has 0 spiro atoms. The van der Waals surface area contributed by atoms with Crippen molar-refractivity contribution in [2.45, 2.75) is 0 Å². The minimum absolute atomic E-state index is 0. The van der Waals surface area contributed by atoms with Crippen LogP contribution in [0.25, 0.3) is 5.57 Å². The Bertz CT molecular complexity index is 1010. The van der Waals surface area contributed by atoms with Crippen LogP contribution in [0.3, 0.4) is 0 Å². The average Bonchev–Trinajstić information content (AvgIpc) is 2.68. The van der Waals surface area contributed by atoms with E-state index in [1.807, 2.05) is 42.6 Å². The van der Waals surface area contributed by atoms with Gasteiger partial charge in [0.25, 0.3) is 0 Å². The van der Waals surface area contributed by atoms with E-state index in [4.69, 9.17) is 46.4 Å². The lowest BCUT2D eigenvalue weighted by molar-refractivity contribution is 0.824. The number of rotatable bonds is 5. The van der Waals surface area contributed by atoms with Crippen LogP contribution in [0.4, 0.5) is 11.4 Å². The molecule has 3 aromatic rings. The molecule has 152 valence electrons. The van der Waals surface area contributed by atoms with Gasteiger partial charge in [0.05, 0.1) is 25.8 Å². The summed E-state index contributed by atoms with van der Waals surface area (Å²) < 4.78 is 0. The highest BCUT2D eigenvalue weighted by molar-refractivity contribution is 6.42. The van der Waals surface area contributed by atoms with Crippen molar-refractivity contribution in [2.24, 2.45) is 4.99 Å². The molecule has 0 radical (unpaired) electrons. The molecule has 0 fully saturated rings. The lowest BCUT2D eigenvalue weighted by Crippen LogP contribution is -1.93. The summed E-state index contributed by atoms with van der Waals surface area (Å²) in [4.78, 5) is 4.51. The predicted molar refractivity (Wildman–Crippen MR) is 130 cm³/mol. The summed E-state index contributed by atoms with van der Waals surface area (Å²) in [6, 6.07) is 20.5. The summed E-state index contributed by atoms with van der Waals surface area (Å²) in [7, 11) is 0. The van der Waals surface area contributed by atoms with Crippen LogP contribution in [-0.2, 0) is 0 Å². The van der Waals surface area contributed by atoms with E-state index in [1.165, 1.54) is 0 Å². The molecule has 0 aliphatic rings. The fraction of sp³-hybridized carbons (Fsp3) is 0. The second-order valence-electron chi connectivity index (χ2n) is 5.60. The highest BCUT2D eigenvalue weighted by Crippen LogP contribution is 2.27. The Labute approximate surface area is 195 Å². The maximum absolute atomic E-state index is 6.07. The Morgan fingerprint density at radius 3 is 2.00 bits per heavy atom. The minimum atomic E-state index is 0. The van der Waals surface area contributed by atoms with Gasteiger partial charge in [0.2, 0.25) is 0 Å². The highest BCUT2D eigenvalue weighted by Gasteiger charge is 2.02. The molecule has 3 nitrogen and oxygen atoms in total. The Morgan fingerprint density at radius 1 is 0.759 bits per heavy atom. The zero-order valence-electron chi connectivity index (χ0n) is 14.9. The van der Waals surface area contributed by atoms with Gasteiger partial charge in [-0.05, 0) is 42.0 Å². The molecule has 0 heterocycles. The molecular weight excluding hydrogens is 474 g/mol. The van der Waals surface area contributed by atoms with Gasteiger partial charge < -0.3 is 10.8 Å². The number of nitrogens with one attached hydrogen (secondary N) is 1. The van der Waals surface area contributed by atoms with Gasteiger partial charge in [0.1, 0.15) is 0 Å². The number of benzene rings is 3. The molecule has 0 aliphatic carbocycles. The number of allylic oxidation sites excluding steroid dienone is 1. The molecule has 3 rings (SSSR count). The first-order valence-electron chi connectivity index (χ1n) is 7.99. The Hall–Kier alpha value is -1.72. The van der Waals surface area contributed by atoms with Gasteiger partial charge in [0.15, 0.2) is 0 Å². The molecule has 3 aromatic carbocycles. The zero-order valence-corrected chi connectivity index (χ0v) is 18.7. The number of nitrogens with zero attached hydrogens (tertiary/aromatic N) is 1. The van der Waals surface area contributed by atoms with Crippen molar-refractivity contribution in [1.82, 2.24) is 0 Å². The third-order valence-electron chi connectivity index (χ3n) is 3.68. The Morgan fingerprint density at radius 2 is 1.38 bits per heavy atom. The van der Waals surface area contributed by atoms with E-state index < -0.39 is 0 Å². The van der Waals surface area contributed by atoms with E-state index in [1.54, 1.807) is 36.5 Å². The van der Waals surface area contributed by atoms with Crippen LogP contribution < -0.4 is 5.32 Å². The second-order valence-corrected chi connectivity index (χ2v) is 7.22. The molecule has 0 unspecified atom stereocenters. The summed E-state index contributed by atoms with van der Waals surface area (Å²) in [6.07, 6.45) is 3.62. The lowest BCUT2D eigenvalue weighted by Gasteiger charge is -2.06. The van der Waals surface area contributed by atoms with Gasteiger partial charge in [-0.3, -0.25) is 4.99 Å². The van der Waals surface area contributed by atoms with E-state index in [2.05, 4.69) is 10.3 Å². The first-order valence-corrected chi connectivity index (χ1v) is 9.50. The SMILES string of the molecule is Cl.Clc1ccc(N=C/C(=C/Nc2ccc(Cl)c(Cl)c2)c2ccccc2)cc1Cl.O. The van der Waals surface area contributed by atoms with Crippen molar-refractivity contribution in [2.75, 3.05) is 5.32 Å². The van der Waals surface area contributed by atoms with E-state index >= 15 is 0 Å². The number of hydrogen-bond donors (Lipinski definition) is 1. The second kappa shape index (κ2) is 12.1. The number of halogens is 5. The van der Waals surface area contributed by atoms with Gasteiger partial charge >= 0.3 is 0 Å². The van der Waals surface area contributed by atoms with Crippen LogP contribution in [0.15, 0.2) is 77.9 Å². The third kappa shape index (κ3) is 7.23. The molecule has 8 heteroatoms. The maximum Gasteiger partial charge on any atom is 0.0645 e. The van der Waals surface area contributed by atoms with E-state index in [0.717, 1.165) is 16.8 Å². The van der Waals surface area contributed by atoms with Gasteiger partial charge in [-0.1, -0.05) is 76.7 Å². The molecular formula is C21H17Cl5N2O. The van der Waals surface area contributed by atoms with Crippen molar-refractivity contribution in [3.8, 4) is 0 Å². The van der Waals surface area contributed by atoms with Crippen LogP contribution in [0.5, 0.6) is 0 Å². The zero-order chi connectivity index (χ0) is 19.2. The highest BCUT2D eigenvalue weighted by atomic mass is 35.5. The Balaban J connectivity index is 0.00000210. The summed E-state index contributed by atoms with van der Waals surface area (Å²) in [5, 5.41) is 5.18. The van der Waals surface area contributed by atoms with Gasteiger partial charge in [-0.25, -0.2) is 0 Å². The largest absolute Gasteiger partial charge is 0.412 e. The van der Waals surface area contributed by atoms with Crippen LogP contribution in [0.2, 0.25) is 20.1 Å². The number of hydrogen-bond acceptors (Lipinski definition) is 2. The minimum Gasteiger partial charge on any atom is -0.412 e. The van der Waals surface area contributed by atoms with Crippen LogP contribution in [-0.4, -0.2) is 11.7 Å². The van der Waals surface area contributed by atoms with Crippen LogP contribution in [0.1, 0.15) is 5.56 Å². The summed E-state index contributed by atoms with van der Waals surface area (Å²) in [5.41, 5.74) is 3.42. The number of aliphatic imine (C=N–C) groups is 1. The van der Waals surface area contributed by atoms with Crippen LogP contribution in [0, 0.1) is 0 Å². The van der Waals surface area contributed by atoms with Gasteiger partial charge in [-0.15, -0.1) is 12.4 Å². The molecule has 0 amide bonds. The van der Waals surface area contributed by atoms with Crippen molar-refractivity contribution in [3.05, 3.63) is 98.6 Å². The molecule has 0 saturated heterocycles. The molecule has 0 aromatic heterocycles. The molecule has 0 aliphatic heterocycles.